The number of benzene rings is 1. The maximum atomic E-state index is 10.6. The van der Waals surface area contributed by atoms with E-state index in [1.165, 1.54) is 37.9 Å². The largest absolute Gasteiger partial charge is 0.481 e. The van der Waals surface area contributed by atoms with Gasteiger partial charge in [-0.15, -0.1) is 0 Å². The molecule has 0 saturated carbocycles. The lowest BCUT2D eigenvalue weighted by atomic mass is 10.0. The third-order valence-electron chi connectivity index (χ3n) is 3.97. The number of nitrogens with zero attached hydrogens (tertiary/aromatic N) is 1. The molecule has 0 aliphatic carbocycles. The second-order valence-electron chi connectivity index (χ2n) is 5.60. The number of carbonyl (C=O) groups is 1. The first-order valence-corrected chi connectivity index (χ1v) is 7.44. The average molecular weight is 276 g/mol. The fourth-order valence-electron chi connectivity index (χ4n) is 2.71. The van der Waals surface area contributed by atoms with Crippen molar-refractivity contribution >= 4 is 5.97 Å². The van der Waals surface area contributed by atoms with Crippen molar-refractivity contribution in [1.82, 2.24) is 4.90 Å². The van der Waals surface area contributed by atoms with E-state index < -0.39 is 12.0 Å². The molecule has 0 spiro atoms. The molecule has 1 saturated heterocycles. The van der Waals surface area contributed by atoms with E-state index in [2.05, 4.69) is 17.0 Å². The zero-order valence-electron chi connectivity index (χ0n) is 11.9. The van der Waals surface area contributed by atoms with Crippen LogP contribution in [0.2, 0.25) is 0 Å². The number of carboxylic acid groups (broad SMARTS) is 1. The normalized spacial score (nSPS) is 17.9. The van der Waals surface area contributed by atoms with E-state index in [-0.39, 0.29) is 6.42 Å². The topological polar surface area (TPSA) is 66.6 Å². The number of likely N-dealkylation sites (tertiary alicyclic amines) is 1. The highest BCUT2D eigenvalue weighted by molar-refractivity contribution is 5.67. The number of carboxylic acids is 1. The standard InChI is InChI=1S/C16H24N2O2/c17-15(12-16(19)20)14-6-4-13(5-7-14)8-11-18-9-2-1-3-10-18/h4-7,15H,1-3,8-12,17H2,(H,19,20). The Kier molecular flexibility index (Phi) is 5.56. The number of hydrogen-bond acceptors (Lipinski definition) is 3. The van der Waals surface area contributed by atoms with Crippen molar-refractivity contribution in [2.75, 3.05) is 19.6 Å². The molecule has 1 unspecified atom stereocenters. The van der Waals surface area contributed by atoms with Gasteiger partial charge in [-0.25, -0.2) is 0 Å². The van der Waals surface area contributed by atoms with Crippen LogP contribution in [0.4, 0.5) is 0 Å². The summed E-state index contributed by atoms with van der Waals surface area (Å²) in [6.45, 7) is 3.56. The van der Waals surface area contributed by atoms with Gasteiger partial charge in [-0.05, 0) is 43.5 Å². The molecule has 1 heterocycles. The highest BCUT2D eigenvalue weighted by Gasteiger charge is 2.11. The second-order valence-corrected chi connectivity index (χ2v) is 5.60. The van der Waals surface area contributed by atoms with Crippen molar-refractivity contribution in [3.63, 3.8) is 0 Å². The maximum absolute atomic E-state index is 10.6. The SMILES string of the molecule is NC(CC(=O)O)c1ccc(CCN2CCCCC2)cc1. The van der Waals surface area contributed by atoms with Crippen LogP contribution in [0.3, 0.4) is 0 Å². The Bertz CT molecular complexity index is 425. The third kappa shape index (κ3) is 4.62. The molecule has 0 radical (unpaired) electrons. The van der Waals surface area contributed by atoms with Gasteiger partial charge in [0.05, 0.1) is 6.42 Å². The predicted octanol–water partition coefficient (Wildman–Crippen LogP) is 2.19. The number of hydrogen-bond donors (Lipinski definition) is 2. The Balaban J connectivity index is 1.83. The lowest BCUT2D eigenvalue weighted by Crippen LogP contribution is -2.31. The van der Waals surface area contributed by atoms with Crippen LogP contribution in [0.15, 0.2) is 24.3 Å². The van der Waals surface area contributed by atoms with Gasteiger partial charge in [-0.3, -0.25) is 4.79 Å². The molecule has 0 bridgehead atoms. The van der Waals surface area contributed by atoms with Gasteiger partial charge in [0.1, 0.15) is 0 Å². The van der Waals surface area contributed by atoms with Gasteiger partial charge in [0.15, 0.2) is 0 Å². The Morgan fingerprint density at radius 2 is 1.85 bits per heavy atom. The summed E-state index contributed by atoms with van der Waals surface area (Å²) in [5.41, 5.74) is 8.04. The Morgan fingerprint density at radius 3 is 2.45 bits per heavy atom. The molecule has 1 aromatic carbocycles. The summed E-state index contributed by atoms with van der Waals surface area (Å²) in [7, 11) is 0. The van der Waals surface area contributed by atoms with Crippen LogP contribution in [0.5, 0.6) is 0 Å². The van der Waals surface area contributed by atoms with E-state index in [0.29, 0.717) is 0 Å². The Morgan fingerprint density at radius 1 is 1.20 bits per heavy atom. The molecule has 1 aromatic rings. The minimum absolute atomic E-state index is 0.0207. The van der Waals surface area contributed by atoms with E-state index in [1.807, 2.05) is 12.1 Å². The van der Waals surface area contributed by atoms with Crippen LogP contribution in [-0.2, 0) is 11.2 Å². The molecule has 0 amide bonds. The number of rotatable bonds is 6. The van der Waals surface area contributed by atoms with E-state index in [9.17, 15) is 4.79 Å². The van der Waals surface area contributed by atoms with Crippen molar-refractivity contribution in [2.45, 2.75) is 38.1 Å². The third-order valence-corrected chi connectivity index (χ3v) is 3.97. The molecular formula is C16H24N2O2. The summed E-state index contributed by atoms with van der Waals surface area (Å²) in [6, 6.07) is 7.64. The van der Waals surface area contributed by atoms with Gasteiger partial charge in [0.2, 0.25) is 0 Å². The molecule has 1 aliphatic rings. The summed E-state index contributed by atoms with van der Waals surface area (Å²) < 4.78 is 0. The molecule has 1 fully saturated rings. The summed E-state index contributed by atoms with van der Waals surface area (Å²) in [6.07, 6.45) is 5.04. The van der Waals surface area contributed by atoms with E-state index in [4.69, 9.17) is 10.8 Å². The smallest absolute Gasteiger partial charge is 0.305 e. The summed E-state index contributed by atoms with van der Waals surface area (Å²) in [4.78, 5) is 13.2. The fourth-order valence-corrected chi connectivity index (χ4v) is 2.71. The molecule has 4 heteroatoms. The molecule has 1 aliphatic heterocycles. The van der Waals surface area contributed by atoms with Gasteiger partial charge in [-0.2, -0.15) is 0 Å². The van der Waals surface area contributed by atoms with Crippen LogP contribution in [-0.4, -0.2) is 35.6 Å². The molecule has 1 atom stereocenters. The predicted molar refractivity (Wildman–Crippen MR) is 79.6 cm³/mol. The lowest BCUT2D eigenvalue weighted by molar-refractivity contribution is -0.137. The molecule has 3 N–H and O–H groups in total. The zero-order valence-corrected chi connectivity index (χ0v) is 11.9. The van der Waals surface area contributed by atoms with Gasteiger partial charge >= 0.3 is 5.97 Å². The number of nitrogens with two attached hydrogens (primary N) is 1. The van der Waals surface area contributed by atoms with Crippen LogP contribution >= 0.6 is 0 Å². The second kappa shape index (κ2) is 7.41. The lowest BCUT2D eigenvalue weighted by Gasteiger charge is -2.26. The first kappa shape index (κ1) is 15.0. The Labute approximate surface area is 120 Å². The summed E-state index contributed by atoms with van der Waals surface area (Å²) >= 11 is 0. The quantitative estimate of drug-likeness (QED) is 0.836. The van der Waals surface area contributed by atoms with Crippen LogP contribution < -0.4 is 5.73 Å². The molecule has 110 valence electrons. The molecule has 0 aromatic heterocycles. The number of aliphatic carboxylic acids is 1. The zero-order chi connectivity index (χ0) is 14.4. The fraction of sp³-hybridized carbons (Fsp3) is 0.562. The summed E-state index contributed by atoms with van der Waals surface area (Å²) in [5, 5.41) is 8.74. The van der Waals surface area contributed by atoms with Crippen molar-refractivity contribution in [3.8, 4) is 0 Å². The van der Waals surface area contributed by atoms with E-state index in [1.54, 1.807) is 0 Å². The monoisotopic (exact) mass is 276 g/mol. The molecular weight excluding hydrogens is 252 g/mol. The van der Waals surface area contributed by atoms with Gasteiger partial charge in [-0.1, -0.05) is 30.7 Å². The highest BCUT2D eigenvalue weighted by atomic mass is 16.4. The average Bonchev–Trinajstić information content (AvgIpc) is 2.46. The first-order valence-electron chi connectivity index (χ1n) is 7.44. The number of piperidine rings is 1. The molecule has 4 nitrogen and oxygen atoms in total. The van der Waals surface area contributed by atoms with E-state index in [0.717, 1.165) is 18.5 Å². The van der Waals surface area contributed by atoms with E-state index >= 15 is 0 Å². The highest BCUT2D eigenvalue weighted by Crippen LogP contribution is 2.16. The van der Waals surface area contributed by atoms with Gasteiger partial charge in [0.25, 0.3) is 0 Å². The summed E-state index contributed by atoms with van der Waals surface area (Å²) in [5.74, 6) is -0.855. The first-order chi connectivity index (χ1) is 9.65. The van der Waals surface area contributed by atoms with Crippen molar-refractivity contribution in [1.29, 1.82) is 0 Å². The molecule has 20 heavy (non-hydrogen) atoms. The van der Waals surface area contributed by atoms with Crippen LogP contribution in [0.1, 0.15) is 42.9 Å². The van der Waals surface area contributed by atoms with Crippen molar-refractivity contribution in [2.24, 2.45) is 5.73 Å². The Hall–Kier alpha value is -1.39. The van der Waals surface area contributed by atoms with Gasteiger partial charge in [0, 0.05) is 12.6 Å². The molecule has 2 rings (SSSR count). The van der Waals surface area contributed by atoms with Crippen molar-refractivity contribution in [3.05, 3.63) is 35.4 Å². The van der Waals surface area contributed by atoms with Gasteiger partial charge < -0.3 is 15.7 Å². The van der Waals surface area contributed by atoms with Crippen LogP contribution in [0, 0.1) is 0 Å². The minimum atomic E-state index is -0.855. The van der Waals surface area contributed by atoms with Crippen LogP contribution in [0.25, 0.3) is 0 Å². The minimum Gasteiger partial charge on any atom is -0.481 e. The maximum Gasteiger partial charge on any atom is 0.305 e. The van der Waals surface area contributed by atoms with Crippen molar-refractivity contribution < 1.29 is 9.90 Å².